The van der Waals surface area contributed by atoms with Crippen LogP contribution in [-0.4, -0.2) is 160 Å². The van der Waals surface area contributed by atoms with E-state index in [0.29, 0.717) is 145 Å². The molecular formula is C44H92O12Si. The van der Waals surface area contributed by atoms with Crippen LogP contribution < -0.4 is 0 Å². The molecule has 0 fully saturated rings. The van der Waals surface area contributed by atoms with Gasteiger partial charge in [-0.1, -0.05) is 111 Å². The van der Waals surface area contributed by atoms with Crippen molar-refractivity contribution in [3.05, 3.63) is 0 Å². The highest BCUT2D eigenvalue weighted by atomic mass is 28.4. The number of unbranched alkanes of at least 4 members (excludes halogenated alkanes) is 13. The van der Waals surface area contributed by atoms with Crippen LogP contribution in [0.4, 0.5) is 0 Å². The van der Waals surface area contributed by atoms with Crippen LogP contribution in [0.5, 0.6) is 0 Å². The third-order valence-electron chi connectivity index (χ3n) is 9.86. The van der Waals surface area contributed by atoms with Crippen LogP contribution in [0.15, 0.2) is 0 Å². The monoisotopic (exact) mass is 841 g/mol. The van der Waals surface area contributed by atoms with Crippen LogP contribution >= 0.6 is 0 Å². The number of rotatable bonds is 49. The fourth-order valence-electron chi connectivity index (χ4n) is 5.27. The van der Waals surface area contributed by atoms with Crippen LogP contribution in [0, 0.1) is 0 Å². The molecule has 344 valence electrons. The average molecular weight is 841 g/mol. The molecule has 13 heteroatoms. The Hall–Kier alpha value is -0.263. The van der Waals surface area contributed by atoms with E-state index in [1.54, 1.807) is 0 Å². The van der Waals surface area contributed by atoms with Gasteiger partial charge in [-0.05, 0) is 24.6 Å². The molecule has 0 heterocycles. The van der Waals surface area contributed by atoms with Crippen molar-refractivity contribution < 1.29 is 56.5 Å². The van der Waals surface area contributed by atoms with Crippen molar-refractivity contribution in [2.45, 2.75) is 136 Å². The lowest BCUT2D eigenvalue weighted by molar-refractivity contribution is -0.0278. The number of hydrogen-bond acceptors (Lipinski definition) is 12. The third-order valence-corrected chi connectivity index (χ3v) is 14.4. The predicted octanol–water partition coefficient (Wildman–Crippen LogP) is 8.67. The van der Waals surface area contributed by atoms with Crippen LogP contribution in [-0.2, 0) is 56.5 Å². The maximum absolute atomic E-state index is 6.09. The zero-order valence-corrected chi connectivity index (χ0v) is 39.1. The summed E-state index contributed by atoms with van der Waals surface area (Å²) in [6.07, 6.45) is 19.3. The van der Waals surface area contributed by atoms with Gasteiger partial charge in [-0.2, -0.15) is 0 Å². The van der Waals surface area contributed by atoms with E-state index < -0.39 is 8.32 Å². The summed E-state index contributed by atoms with van der Waals surface area (Å²) in [7, 11) is -1.70. The van der Waals surface area contributed by atoms with Gasteiger partial charge in [0.1, 0.15) is 0 Å². The smallest absolute Gasteiger partial charge is 0.192 e. The van der Waals surface area contributed by atoms with Gasteiger partial charge in [-0.3, -0.25) is 0 Å². The van der Waals surface area contributed by atoms with E-state index in [9.17, 15) is 0 Å². The Bertz CT molecular complexity index is 759. The van der Waals surface area contributed by atoms with E-state index in [0.717, 1.165) is 13.0 Å². The summed E-state index contributed by atoms with van der Waals surface area (Å²) in [5, 5.41) is 0.218. The fraction of sp³-hybridized carbons (Fsp3) is 1.00. The van der Waals surface area contributed by atoms with Gasteiger partial charge in [-0.25, -0.2) is 0 Å². The largest absolute Gasteiger partial charge is 0.414 e. The first-order chi connectivity index (χ1) is 27.8. The van der Waals surface area contributed by atoms with Crippen molar-refractivity contribution in [1.29, 1.82) is 0 Å². The Morgan fingerprint density at radius 3 is 0.684 bits per heavy atom. The number of hydrogen-bond donors (Lipinski definition) is 0. The Balaban J connectivity index is 3.11. The van der Waals surface area contributed by atoms with Crippen molar-refractivity contribution in [1.82, 2.24) is 0 Å². The maximum atomic E-state index is 6.09. The van der Waals surface area contributed by atoms with Gasteiger partial charge in [0.05, 0.1) is 145 Å². The fourth-order valence-corrected chi connectivity index (χ4v) is 6.30. The molecule has 0 aliphatic rings. The maximum Gasteiger partial charge on any atom is 0.192 e. The SMILES string of the molecule is CCCCCCCCCCCCCCCCOCCOCCOCCOCCOCCOCCOCCOCCOCCOCCOCCO[Si](C)(C)C(C)(C)C. The van der Waals surface area contributed by atoms with E-state index in [2.05, 4.69) is 40.8 Å². The zero-order valence-electron chi connectivity index (χ0n) is 38.1. The second kappa shape index (κ2) is 45.3. The summed E-state index contributed by atoms with van der Waals surface area (Å²) in [5.41, 5.74) is 0. The van der Waals surface area contributed by atoms with Gasteiger partial charge in [0.15, 0.2) is 8.32 Å². The highest BCUT2D eigenvalue weighted by Crippen LogP contribution is 2.36. The summed E-state index contributed by atoms with van der Waals surface area (Å²) < 4.78 is 67.2. The molecule has 0 aromatic heterocycles. The zero-order chi connectivity index (χ0) is 41.6. The number of ether oxygens (including phenoxy) is 11. The molecule has 0 bridgehead atoms. The first-order valence-corrected chi connectivity index (χ1v) is 25.7. The van der Waals surface area contributed by atoms with Crippen molar-refractivity contribution in [2.75, 3.05) is 152 Å². The minimum atomic E-state index is -1.70. The van der Waals surface area contributed by atoms with Gasteiger partial charge < -0.3 is 56.5 Å². The molecule has 0 atom stereocenters. The lowest BCUT2D eigenvalue weighted by atomic mass is 10.0. The van der Waals surface area contributed by atoms with E-state index >= 15 is 0 Å². The topological polar surface area (TPSA) is 111 Å². The highest BCUT2D eigenvalue weighted by Gasteiger charge is 2.36. The molecule has 57 heavy (non-hydrogen) atoms. The van der Waals surface area contributed by atoms with Gasteiger partial charge in [0.2, 0.25) is 0 Å². The van der Waals surface area contributed by atoms with Gasteiger partial charge in [0.25, 0.3) is 0 Å². The molecule has 0 amide bonds. The molecule has 0 aliphatic heterocycles. The van der Waals surface area contributed by atoms with Crippen molar-refractivity contribution in [3.63, 3.8) is 0 Å². The van der Waals surface area contributed by atoms with Crippen molar-refractivity contribution >= 4 is 8.32 Å². The molecule has 0 aromatic carbocycles. The Morgan fingerprint density at radius 2 is 0.456 bits per heavy atom. The van der Waals surface area contributed by atoms with E-state index in [1.165, 1.54) is 83.5 Å². The molecule has 0 aromatic rings. The molecule has 0 aliphatic carbocycles. The molecule has 0 saturated heterocycles. The van der Waals surface area contributed by atoms with E-state index in [4.69, 9.17) is 56.5 Å². The first kappa shape index (κ1) is 56.7. The molecule has 0 rings (SSSR count). The minimum absolute atomic E-state index is 0.218. The third kappa shape index (κ3) is 45.1. The molecule has 0 radical (unpaired) electrons. The summed E-state index contributed by atoms with van der Waals surface area (Å²) in [4.78, 5) is 0. The molecule has 0 unspecified atom stereocenters. The lowest BCUT2D eigenvalue weighted by Crippen LogP contribution is -2.41. The second-order valence-corrected chi connectivity index (χ2v) is 20.8. The van der Waals surface area contributed by atoms with Crippen LogP contribution in [0.25, 0.3) is 0 Å². The van der Waals surface area contributed by atoms with Gasteiger partial charge >= 0.3 is 0 Å². The minimum Gasteiger partial charge on any atom is -0.414 e. The first-order valence-electron chi connectivity index (χ1n) is 22.8. The summed E-state index contributed by atoms with van der Waals surface area (Å²) in [5.74, 6) is 0. The predicted molar refractivity (Wildman–Crippen MR) is 232 cm³/mol. The Labute approximate surface area is 351 Å². The molecule has 0 N–H and O–H groups in total. The highest BCUT2D eigenvalue weighted by molar-refractivity contribution is 6.74. The standard InChI is InChI=1S/C44H92O12Si/c1-7-8-9-10-11-12-13-14-15-16-17-18-19-20-21-45-22-23-46-24-25-47-26-27-48-28-29-49-30-31-50-32-33-51-34-35-52-36-37-53-38-39-54-40-41-55-42-43-56-57(5,6)44(2,3)4/h7-43H2,1-6H3. The quantitative estimate of drug-likeness (QED) is 0.0432. The molecular weight excluding hydrogens is 749 g/mol. The summed E-state index contributed by atoms with van der Waals surface area (Å²) in [6, 6.07) is 0. The molecule has 0 saturated carbocycles. The Morgan fingerprint density at radius 1 is 0.263 bits per heavy atom. The van der Waals surface area contributed by atoms with Crippen LogP contribution in [0.2, 0.25) is 18.1 Å². The Kier molecular flexibility index (Phi) is 45.1. The second-order valence-electron chi connectivity index (χ2n) is 15.9. The van der Waals surface area contributed by atoms with Crippen LogP contribution in [0.3, 0.4) is 0 Å². The van der Waals surface area contributed by atoms with Gasteiger partial charge in [-0.15, -0.1) is 0 Å². The van der Waals surface area contributed by atoms with E-state index in [-0.39, 0.29) is 5.04 Å². The molecule has 12 nitrogen and oxygen atoms in total. The summed E-state index contributed by atoms with van der Waals surface area (Å²) in [6.45, 7) is 26.5. The lowest BCUT2D eigenvalue weighted by Gasteiger charge is -2.36. The average Bonchev–Trinajstić information content (AvgIpc) is 3.18. The van der Waals surface area contributed by atoms with Gasteiger partial charge in [0, 0.05) is 6.61 Å². The van der Waals surface area contributed by atoms with Crippen LogP contribution in [0.1, 0.15) is 118 Å². The van der Waals surface area contributed by atoms with E-state index in [1.807, 2.05) is 0 Å². The van der Waals surface area contributed by atoms with Crippen molar-refractivity contribution in [3.8, 4) is 0 Å². The molecule has 0 spiro atoms. The van der Waals surface area contributed by atoms with Crippen molar-refractivity contribution in [2.24, 2.45) is 0 Å². The summed E-state index contributed by atoms with van der Waals surface area (Å²) >= 11 is 0. The normalized spacial score (nSPS) is 12.3.